The Kier molecular flexibility index (Phi) is 3.66. The van der Waals surface area contributed by atoms with E-state index in [4.69, 9.17) is 5.73 Å². The Balaban J connectivity index is 2.06. The summed E-state index contributed by atoms with van der Waals surface area (Å²) >= 11 is 1.75. The van der Waals surface area contributed by atoms with E-state index < -0.39 is 0 Å². The normalized spacial score (nSPS) is 20.7. The molecule has 102 valence electrons. The molecular formula is C14H20N4S. The van der Waals surface area contributed by atoms with E-state index in [1.807, 2.05) is 0 Å². The van der Waals surface area contributed by atoms with Crippen LogP contribution in [0.5, 0.6) is 0 Å². The molecule has 0 amide bonds. The molecule has 1 aliphatic rings. The molecule has 0 bridgehead atoms. The summed E-state index contributed by atoms with van der Waals surface area (Å²) in [5.41, 5.74) is 8.30. The molecule has 0 aromatic carbocycles. The summed E-state index contributed by atoms with van der Waals surface area (Å²) in [6, 6.07) is 0.419. The van der Waals surface area contributed by atoms with Crippen LogP contribution >= 0.6 is 11.3 Å². The van der Waals surface area contributed by atoms with Crippen LogP contribution in [0.4, 0.5) is 5.82 Å². The van der Waals surface area contributed by atoms with Crippen molar-refractivity contribution in [2.24, 2.45) is 5.73 Å². The van der Waals surface area contributed by atoms with Gasteiger partial charge >= 0.3 is 0 Å². The highest BCUT2D eigenvalue weighted by Gasteiger charge is 2.23. The number of aryl methyl sites for hydroxylation is 1. The van der Waals surface area contributed by atoms with Crippen molar-refractivity contribution < 1.29 is 0 Å². The van der Waals surface area contributed by atoms with Crippen LogP contribution < -0.4 is 10.6 Å². The van der Waals surface area contributed by atoms with Gasteiger partial charge in [0.2, 0.25) is 0 Å². The van der Waals surface area contributed by atoms with E-state index in [9.17, 15) is 0 Å². The second-order valence-corrected chi connectivity index (χ2v) is 6.11. The predicted octanol–water partition coefficient (Wildman–Crippen LogP) is 2.71. The van der Waals surface area contributed by atoms with Crippen molar-refractivity contribution in [3.05, 3.63) is 17.3 Å². The Hall–Kier alpha value is -1.20. The van der Waals surface area contributed by atoms with Crippen molar-refractivity contribution in [2.75, 3.05) is 18.0 Å². The first-order valence-electron chi connectivity index (χ1n) is 6.96. The van der Waals surface area contributed by atoms with Crippen LogP contribution in [-0.4, -0.2) is 29.1 Å². The van der Waals surface area contributed by atoms with Gasteiger partial charge in [0.1, 0.15) is 12.1 Å². The molecule has 1 unspecified atom stereocenters. The predicted molar refractivity (Wildman–Crippen MR) is 80.8 cm³/mol. The number of anilines is 1. The fraction of sp³-hybridized carbons (Fsp3) is 0.571. The minimum Gasteiger partial charge on any atom is -0.351 e. The highest BCUT2D eigenvalue weighted by atomic mass is 32.1. The molecule has 4 nitrogen and oxygen atoms in total. The molecule has 1 atom stereocenters. The molecular weight excluding hydrogens is 256 g/mol. The monoisotopic (exact) mass is 276 g/mol. The molecule has 2 N–H and O–H groups in total. The number of thiophene rings is 1. The average molecular weight is 276 g/mol. The van der Waals surface area contributed by atoms with Crippen LogP contribution in [0.25, 0.3) is 10.2 Å². The van der Waals surface area contributed by atoms with E-state index in [0.717, 1.165) is 17.9 Å². The summed E-state index contributed by atoms with van der Waals surface area (Å²) in [4.78, 5) is 11.4. The van der Waals surface area contributed by atoms with Gasteiger partial charge < -0.3 is 10.6 Å². The van der Waals surface area contributed by atoms with Gasteiger partial charge in [-0.05, 0) is 30.7 Å². The van der Waals surface area contributed by atoms with E-state index >= 15 is 0 Å². The Morgan fingerprint density at radius 2 is 2.26 bits per heavy atom. The number of fused-ring (bicyclic) bond motifs is 1. The van der Waals surface area contributed by atoms with E-state index in [0.29, 0.717) is 12.6 Å². The maximum absolute atomic E-state index is 5.97. The molecule has 1 saturated heterocycles. The summed E-state index contributed by atoms with van der Waals surface area (Å²) in [5, 5.41) is 2.16. The van der Waals surface area contributed by atoms with Crippen LogP contribution in [-0.2, 0) is 0 Å². The van der Waals surface area contributed by atoms with Gasteiger partial charge in [0.25, 0.3) is 0 Å². The third-order valence-electron chi connectivity index (χ3n) is 3.93. The molecule has 3 heterocycles. The zero-order valence-corrected chi connectivity index (χ0v) is 12.1. The zero-order valence-electron chi connectivity index (χ0n) is 11.3. The summed E-state index contributed by atoms with van der Waals surface area (Å²) in [6.07, 6.45) is 6.66. The Morgan fingerprint density at radius 3 is 3.11 bits per heavy atom. The molecule has 19 heavy (non-hydrogen) atoms. The molecule has 1 fully saturated rings. The maximum Gasteiger partial charge on any atom is 0.150 e. The quantitative estimate of drug-likeness (QED) is 0.916. The van der Waals surface area contributed by atoms with Gasteiger partial charge in [-0.15, -0.1) is 11.3 Å². The summed E-state index contributed by atoms with van der Waals surface area (Å²) in [7, 11) is 0. The second kappa shape index (κ2) is 5.43. The molecule has 0 saturated carbocycles. The van der Waals surface area contributed by atoms with Gasteiger partial charge in [-0.1, -0.05) is 12.8 Å². The zero-order chi connectivity index (χ0) is 13.2. The number of hydrogen-bond acceptors (Lipinski definition) is 5. The number of aromatic nitrogens is 2. The minimum absolute atomic E-state index is 0.419. The Morgan fingerprint density at radius 1 is 1.37 bits per heavy atom. The summed E-state index contributed by atoms with van der Waals surface area (Å²) in [5.74, 6) is 1.08. The number of rotatable bonds is 2. The molecule has 0 radical (unpaired) electrons. The van der Waals surface area contributed by atoms with Crippen LogP contribution in [0.1, 0.15) is 31.2 Å². The lowest BCUT2D eigenvalue weighted by atomic mass is 10.1. The van der Waals surface area contributed by atoms with Crippen molar-refractivity contribution >= 4 is 27.4 Å². The summed E-state index contributed by atoms with van der Waals surface area (Å²) in [6.45, 7) is 3.87. The van der Waals surface area contributed by atoms with E-state index in [-0.39, 0.29) is 0 Å². The van der Waals surface area contributed by atoms with Gasteiger partial charge in [-0.3, -0.25) is 0 Å². The van der Waals surface area contributed by atoms with Gasteiger partial charge in [-0.25, -0.2) is 9.97 Å². The van der Waals surface area contributed by atoms with E-state index in [1.165, 1.54) is 35.9 Å². The van der Waals surface area contributed by atoms with E-state index in [2.05, 4.69) is 27.2 Å². The topological polar surface area (TPSA) is 55.0 Å². The van der Waals surface area contributed by atoms with Gasteiger partial charge in [0, 0.05) is 19.1 Å². The lowest BCUT2D eigenvalue weighted by molar-refractivity contribution is 0.577. The van der Waals surface area contributed by atoms with Gasteiger partial charge in [0.15, 0.2) is 0 Å². The van der Waals surface area contributed by atoms with Crippen molar-refractivity contribution in [2.45, 2.75) is 38.6 Å². The van der Waals surface area contributed by atoms with Crippen LogP contribution in [0.15, 0.2) is 11.7 Å². The van der Waals surface area contributed by atoms with Crippen LogP contribution in [0.3, 0.4) is 0 Å². The minimum atomic E-state index is 0.419. The smallest absolute Gasteiger partial charge is 0.150 e. The molecule has 0 spiro atoms. The molecule has 2 aromatic heterocycles. The third-order valence-corrected chi connectivity index (χ3v) is 5.02. The molecule has 5 heteroatoms. The largest absolute Gasteiger partial charge is 0.351 e. The molecule has 3 rings (SSSR count). The first-order chi connectivity index (χ1) is 9.31. The summed E-state index contributed by atoms with van der Waals surface area (Å²) < 4.78 is 1.21. The SMILES string of the molecule is Cc1csc2c(N3CCCCCC3CN)ncnc12. The van der Waals surface area contributed by atoms with Crippen LogP contribution in [0, 0.1) is 6.92 Å². The first kappa shape index (κ1) is 12.8. The van der Waals surface area contributed by atoms with Gasteiger partial charge in [-0.2, -0.15) is 0 Å². The maximum atomic E-state index is 5.97. The molecule has 0 aliphatic carbocycles. The highest BCUT2D eigenvalue weighted by Crippen LogP contribution is 2.33. The highest BCUT2D eigenvalue weighted by molar-refractivity contribution is 7.18. The Bertz CT molecular complexity index is 566. The fourth-order valence-electron chi connectivity index (χ4n) is 2.86. The number of nitrogens with zero attached hydrogens (tertiary/aromatic N) is 3. The second-order valence-electron chi connectivity index (χ2n) is 5.23. The molecule has 1 aliphatic heterocycles. The van der Waals surface area contributed by atoms with Crippen molar-refractivity contribution in [3.8, 4) is 0 Å². The standard InChI is InChI=1S/C14H20N4S/c1-10-8-19-13-12(10)16-9-17-14(13)18-6-4-2-3-5-11(18)7-15/h8-9,11H,2-7,15H2,1H3. The van der Waals surface area contributed by atoms with Crippen molar-refractivity contribution in [1.82, 2.24) is 9.97 Å². The van der Waals surface area contributed by atoms with E-state index in [1.54, 1.807) is 17.7 Å². The number of hydrogen-bond donors (Lipinski definition) is 1. The molecule has 2 aromatic rings. The van der Waals surface area contributed by atoms with Crippen molar-refractivity contribution in [1.29, 1.82) is 0 Å². The Labute approximate surface area is 117 Å². The lowest BCUT2D eigenvalue weighted by Crippen LogP contribution is -2.40. The lowest BCUT2D eigenvalue weighted by Gasteiger charge is -2.30. The first-order valence-corrected chi connectivity index (χ1v) is 7.84. The number of nitrogens with two attached hydrogens (primary N) is 1. The fourth-order valence-corrected chi connectivity index (χ4v) is 3.87. The average Bonchev–Trinajstić information content (AvgIpc) is 2.68. The third kappa shape index (κ3) is 2.32. The van der Waals surface area contributed by atoms with Crippen LogP contribution in [0.2, 0.25) is 0 Å². The van der Waals surface area contributed by atoms with Gasteiger partial charge in [0.05, 0.1) is 10.2 Å². The van der Waals surface area contributed by atoms with Crippen molar-refractivity contribution in [3.63, 3.8) is 0 Å².